The van der Waals surface area contributed by atoms with Gasteiger partial charge < -0.3 is 14.9 Å². The fourth-order valence-corrected chi connectivity index (χ4v) is 2.04. The minimum Gasteiger partial charge on any atom is -0.472 e. The molecule has 78 valence electrons. The molecule has 0 amide bonds. The van der Waals surface area contributed by atoms with E-state index >= 15 is 0 Å². The van der Waals surface area contributed by atoms with Gasteiger partial charge in [0.15, 0.2) is 0 Å². The monoisotopic (exact) mass is 195 g/mol. The molecule has 1 atom stereocenters. The van der Waals surface area contributed by atoms with Gasteiger partial charge in [-0.25, -0.2) is 0 Å². The van der Waals surface area contributed by atoms with Crippen LogP contribution in [0.2, 0.25) is 0 Å². The number of furan rings is 1. The lowest BCUT2D eigenvalue weighted by molar-refractivity contribution is 0.0582. The Morgan fingerprint density at radius 3 is 2.64 bits per heavy atom. The smallest absolute Gasteiger partial charge is 0.0953 e. The predicted octanol–water partition coefficient (Wildman–Crippen LogP) is 2.01. The maximum Gasteiger partial charge on any atom is 0.0953 e. The van der Waals surface area contributed by atoms with Crippen molar-refractivity contribution in [2.75, 3.05) is 13.2 Å². The highest BCUT2D eigenvalue weighted by atomic mass is 16.5. The molecular weight excluding hydrogens is 178 g/mol. The lowest BCUT2D eigenvalue weighted by Gasteiger charge is -2.27. The quantitative estimate of drug-likeness (QED) is 0.785. The van der Waals surface area contributed by atoms with Crippen molar-refractivity contribution in [1.82, 2.24) is 0 Å². The van der Waals surface area contributed by atoms with Crippen LogP contribution in [0.5, 0.6) is 0 Å². The Balaban J connectivity index is 2.07. The molecule has 0 spiro atoms. The van der Waals surface area contributed by atoms with Gasteiger partial charge in [0.05, 0.1) is 12.5 Å². The van der Waals surface area contributed by atoms with Crippen LogP contribution in [0.4, 0.5) is 0 Å². The molecule has 1 aromatic heterocycles. The maximum absolute atomic E-state index is 6.20. The van der Waals surface area contributed by atoms with Crippen LogP contribution >= 0.6 is 0 Å². The van der Waals surface area contributed by atoms with E-state index in [-0.39, 0.29) is 6.04 Å². The molecule has 3 nitrogen and oxygen atoms in total. The van der Waals surface area contributed by atoms with Crippen LogP contribution in [0.15, 0.2) is 16.9 Å². The number of ether oxygens (including phenoxy) is 1. The highest BCUT2D eigenvalue weighted by Crippen LogP contribution is 2.29. The van der Waals surface area contributed by atoms with Crippen molar-refractivity contribution in [3.8, 4) is 0 Å². The van der Waals surface area contributed by atoms with Crippen LogP contribution in [-0.2, 0) is 4.74 Å². The van der Waals surface area contributed by atoms with Crippen LogP contribution in [-0.4, -0.2) is 13.2 Å². The molecule has 1 fully saturated rings. The molecule has 0 radical (unpaired) electrons. The van der Waals surface area contributed by atoms with Crippen LogP contribution < -0.4 is 5.73 Å². The van der Waals surface area contributed by atoms with Gasteiger partial charge in [0.1, 0.15) is 0 Å². The highest BCUT2D eigenvalue weighted by Gasteiger charge is 2.24. The zero-order valence-electron chi connectivity index (χ0n) is 8.53. The van der Waals surface area contributed by atoms with Crippen molar-refractivity contribution in [2.45, 2.75) is 25.8 Å². The topological polar surface area (TPSA) is 48.4 Å². The van der Waals surface area contributed by atoms with Gasteiger partial charge >= 0.3 is 0 Å². The van der Waals surface area contributed by atoms with Crippen molar-refractivity contribution in [1.29, 1.82) is 0 Å². The second-order valence-electron chi connectivity index (χ2n) is 3.99. The van der Waals surface area contributed by atoms with E-state index in [4.69, 9.17) is 14.9 Å². The zero-order chi connectivity index (χ0) is 9.97. The van der Waals surface area contributed by atoms with Gasteiger partial charge in [-0.15, -0.1) is 0 Å². The molecule has 0 aromatic carbocycles. The summed E-state index contributed by atoms with van der Waals surface area (Å²) in [6.45, 7) is 3.72. The minimum atomic E-state index is 0.109. The Kier molecular flexibility index (Phi) is 2.89. The number of hydrogen-bond acceptors (Lipinski definition) is 3. The summed E-state index contributed by atoms with van der Waals surface area (Å²) in [5.41, 5.74) is 8.51. The highest BCUT2D eigenvalue weighted by molar-refractivity contribution is 5.23. The van der Waals surface area contributed by atoms with Gasteiger partial charge in [0.25, 0.3) is 0 Å². The molecule has 0 bridgehead atoms. The standard InChI is InChI=1S/C11H17NO2/c1-8-6-14-7-10(8)11(12)9-2-4-13-5-3-9/h6-7,9,11H,2-5,12H2,1H3. The molecule has 1 aliphatic rings. The number of rotatable bonds is 2. The minimum absolute atomic E-state index is 0.109. The van der Waals surface area contributed by atoms with E-state index in [1.807, 2.05) is 6.92 Å². The number of hydrogen-bond donors (Lipinski definition) is 1. The van der Waals surface area contributed by atoms with Crippen molar-refractivity contribution in [3.05, 3.63) is 23.7 Å². The fourth-order valence-electron chi connectivity index (χ4n) is 2.04. The molecule has 1 aliphatic heterocycles. The zero-order valence-corrected chi connectivity index (χ0v) is 8.53. The first-order valence-corrected chi connectivity index (χ1v) is 5.15. The largest absolute Gasteiger partial charge is 0.472 e. The van der Waals surface area contributed by atoms with Gasteiger partial charge in [-0.3, -0.25) is 0 Å². The maximum atomic E-state index is 6.20. The SMILES string of the molecule is Cc1cocc1C(N)C1CCOCC1. The van der Waals surface area contributed by atoms with E-state index in [0.29, 0.717) is 5.92 Å². The van der Waals surface area contributed by atoms with Crippen molar-refractivity contribution >= 4 is 0 Å². The van der Waals surface area contributed by atoms with Gasteiger partial charge in [-0.2, -0.15) is 0 Å². The van der Waals surface area contributed by atoms with Gasteiger partial charge in [-0.1, -0.05) is 0 Å². The molecule has 1 aromatic rings. The van der Waals surface area contributed by atoms with Crippen molar-refractivity contribution in [3.63, 3.8) is 0 Å². The molecule has 2 rings (SSSR count). The third-order valence-electron chi connectivity index (χ3n) is 3.03. The molecule has 2 heterocycles. The van der Waals surface area contributed by atoms with Crippen molar-refractivity contribution in [2.24, 2.45) is 11.7 Å². The van der Waals surface area contributed by atoms with E-state index in [0.717, 1.165) is 37.2 Å². The van der Waals surface area contributed by atoms with Gasteiger partial charge in [0.2, 0.25) is 0 Å². The summed E-state index contributed by atoms with van der Waals surface area (Å²) in [5.74, 6) is 0.542. The first kappa shape index (κ1) is 9.74. The van der Waals surface area contributed by atoms with Gasteiger partial charge in [0, 0.05) is 24.8 Å². The lowest BCUT2D eigenvalue weighted by atomic mass is 9.88. The Hall–Kier alpha value is -0.800. The second-order valence-corrected chi connectivity index (χ2v) is 3.99. The fraction of sp³-hybridized carbons (Fsp3) is 0.636. The van der Waals surface area contributed by atoms with E-state index in [2.05, 4.69) is 0 Å². The third kappa shape index (κ3) is 1.83. The molecule has 0 aliphatic carbocycles. The summed E-state index contributed by atoms with van der Waals surface area (Å²) in [4.78, 5) is 0. The Morgan fingerprint density at radius 2 is 2.07 bits per heavy atom. The summed E-state index contributed by atoms with van der Waals surface area (Å²) in [6, 6.07) is 0.109. The molecule has 1 unspecified atom stereocenters. The Labute approximate surface area is 84.2 Å². The molecular formula is C11H17NO2. The molecule has 2 N–H and O–H groups in total. The van der Waals surface area contributed by atoms with Crippen molar-refractivity contribution < 1.29 is 9.15 Å². The summed E-state index contributed by atoms with van der Waals surface area (Å²) in [5, 5.41) is 0. The first-order valence-electron chi connectivity index (χ1n) is 5.15. The van der Waals surface area contributed by atoms with E-state index < -0.39 is 0 Å². The van der Waals surface area contributed by atoms with E-state index in [1.165, 1.54) is 0 Å². The second kappa shape index (κ2) is 4.15. The lowest BCUT2D eigenvalue weighted by Crippen LogP contribution is -2.27. The number of aryl methyl sites for hydroxylation is 1. The Morgan fingerprint density at radius 1 is 1.36 bits per heavy atom. The molecule has 3 heteroatoms. The van der Waals surface area contributed by atoms with Crippen LogP contribution in [0, 0.1) is 12.8 Å². The normalized spacial score (nSPS) is 21.0. The van der Waals surface area contributed by atoms with Gasteiger partial charge in [-0.05, 0) is 31.2 Å². The third-order valence-corrected chi connectivity index (χ3v) is 3.03. The predicted molar refractivity (Wildman–Crippen MR) is 53.9 cm³/mol. The molecule has 14 heavy (non-hydrogen) atoms. The molecule has 1 saturated heterocycles. The summed E-state index contributed by atoms with van der Waals surface area (Å²) in [6.07, 6.45) is 5.65. The molecule has 0 saturated carbocycles. The summed E-state index contributed by atoms with van der Waals surface area (Å²) < 4.78 is 10.5. The summed E-state index contributed by atoms with van der Waals surface area (Å²) in [7, 11) is 0. The van der Waals surface area contributed by atoms with Crippen LogP contribution in [0.3, 0.4) is 0 Å². The average molecular weight is 195 g/mol. The first-order chi connectivity index (χ1) is 6.79. The van der Waals surface area contributed by atoms with E-state index in [9.17, 15) is 0 Å². The van der Waals surface area contributed by atoms with Crippen LogP contribution in [0.25, 0.3) is 0 Å². The Bertz CT molecular complexity index is 289. The summed E-state index contributed by atoms with van der Waals surface area (Å²) >= 11 is 0. The van der Waals surface area contributed by atoms with Crippen LogP contribution in [0.1, 0.15) is 30.0 Å². The van der Waals surface area contributed by atoms with E-state index in [1.54, 1.807) is 12.5 Å². The number of nitrogens with two attached hydrogens (primary N) is 1. The average Bonchev–Trinajstić information content (AvgIpc) is 2.65.